The maximum Gasteiger partial charge on any atom is 0.206 e. The van der Waals surface area contributed by atoms with E-state index in [0.717, 1.165) is 12.2 Å². The van der Waals surface area contributed by atoms with Gasteiger partial charge in [0.1, 0.15) is 5.82 Å². The number of imidazole rings is 1. The van der Waals surface area contributed by atoms with Crippen molar-refractivity contribution in [1.29, 1.82) is 0 Å². The third kappa shape index (κ3) is 5.23. The second-order valence-corrected chi connectivity index (χ2v) is 7.13. The number of nitrogens with one attached hydrogen (secondary N) is 1. The van der Waals surface area contributed by atoms with Crippen LogP contribution in [0.15, 0.2) is 91.3 Å². The molecular formula is C25H27BN2. The molecule has 3 aromatic carbocycles. The highest BCUT2D eigenvalue weighted by atomic mass is 14.9. The van der Waals surface area contributed by atoms with Crippen LogP contribution in [0.5, 0.6) is 0 Å². The van der Waals surface area contributed by atoms with Gasteiger partial charge in [-0.3, -0.25) is 0 Å². The topological polar surface area (TPSA) is 28.7 Å². The lowest BCUT2D eigenvalue weighted by molar-refractivity contribution is 1.00. The molecule has 0 saturated carbocycles. The molecule has 1 heterocycles. The summed E-state index contributed by atoms with van der Waals surface area (Å²) in [5, 5.41) is 0. The van der Waals surface area contributed by atoms with E-state index in [-0.39, 0.29) is 0 Å². The molecule has 2 nitrogen and oxygen atoms in total. The number of aromatic amines is 1. The number of hydrogen-bond acceptors (Lipinski definition) is 1. The maximum atomic E-state index is 4.24. The van der Waals surface area contributed by atoms with E-state index >= 15 is 0 Å². The van der Waals surface area contributed by atoms with Crippen molar-refractivity contribution in [1.82, 2.24) is 9.97 Å². The summed E-state index contributed by atoms with van der Waals surface area (Å²) in [5.74, 6) is 1.03. The van der Waals surface area contributed by atoms with E-state index in [9.17, 15) is 0 Å². The Morgan fingerprint density at radius 2 is 1.29 bits per heavy atom. The van der Waals surface area contributed by atoms with Gasteiger partial charge in [-0.1, -0.05) is 96.6 Å². The quantitative estimate of drug-likeness (QED) is 0.528. The third-order valence-corrected chi connectivity index (χ3v) is 5.14. The molecule has 28 heavy (non-hydrogen) atoms. The van der Waals surface area contributed by atoms with Crippen molar-refractivity contribution in [3.63, 3.8) is 0 Å². The van der Waals surface area contributed by atoms with Crippen LogP contribution in [0.3, 0.4) is 0 Å². The normalized spacial score (nSPS) is 10.1. The number of benzene rings is 3. The average molecular weight is 366 g/mol. The fourth-order valence-corrected chi connectivity index (χ4v) is 3.37. The molecule has 4 aromatic rings. The van der Waals surface area contributed by atoms with Crippen molar-refractivity contribution >= 4 is 17.6 Å². The smallest absolute Gasteiger partial charge is 0.206 e. The standard InChI is InChI=1S/C13H13B.C12H14N2/c1-14(12-8-4-2-5-9-12)13-10-6-3-7-11-13;1-9-4-3-5-10(2)11(9)8-12-13-6-7-14-12/h2-11H,1H3;3-7H,8H2,1-2H3,(H,13,14). The van der Waals surface area contributed by atoms with Gasteiger partial charge < -0.3 is 4.98 Å². The molecule has 0 amide bonds. The molecular weight excluding hydrogens is 339 g/mol. The summed E-state index contributed by atoms with van der Waals surface area (Å²) in [6, 6.07) is 27.6. The van der Waals surface area contributed by atoms with E-state index in [1.807, 2.05) is 6.20 Å². The van der Waals surface area contributed by atoms with Gasteiger partial charge in [0.25, 0.3) is 0 Å². The van der Waals surface area contributed by atoms with Gasteiger partial charge in [0.15, 0.2) is 0 Å². The van der Waals surface area contributed by atoms with Gasteiger partial charge in [0, 0.05) is 18.8 Å². The zero-order valence-electron chi connectivity index (χ0n) is 16.9. The lowest BCUT2D eigenvalue weighted by Gasteiger charge is -2.08. The Kier molecular flexibility index (Phi) is 6.86. The Morgan fingerprint density at radius 3 is 1.75 bits per heavy atom. The molecule has 0 fully saturated rings. The van der Waals surface area contributed by atoms with Crippen LogP contribution < -0.4 is 10.9 Å². The summed E-state index contributed by atoms with van der Waals surface area (Å²) < 4.78 is 0. The Morgan fingerprint density at radius 1 is 0.750 bits per heavy atom. The number of H-pyrrole nitrogens is 1. The predicted octanol–water partition coefficient (Wildman–Crippen LogP) is 4.54. The molecule has 0 spiro atoms. The Hall–Kier alpha value is -3.07. The largest absolute Gasteiger partial charge is 0.348 e. The zero-order valence-corrected chi connectivity index (χ0v) is 16.9. The first kappa shape index (κ1) is 19.7. The molecule has 1 N–H and O–H groups in total. The number of nitrogens with zero attached hydrogens (tertiary/aromatic N) is 1. The van der Waals surface area contributed by atoms with Gasteiger partial charge >= 0.3 is 0 Å². The maximum absolute atomic E-state index is 4.24. The van der Waals surface area contributed by atoms with Crippen LogP contribution in [-0.4, -0.2) is 16.7 Å². The highest BCUT2D eigenvalue weighted by Crippen LogP contribution is 2.15. The van der Waals surface area contributed by atoms with E-state index in [0.29, 0.717) is 6.71 Å². The monoisotopic (exact) mass is 366 g/mol. The van der Waals surface area contributed by atoms with Gasteiger partial charge in [-0.15, -0.1) is 0 Å². The van der Waals surface area contributed by atoms with E-state index in [1.165, 1.54) is 27.6 Å². The minimum atomic E-state index is 0.484. The van der Waals surface area contributed by atoms with Crippen molar-refractivity contribution in [3.8, 4) is 0 Å². The fraction of sp³-hybridized carbons (Fsp3) is 0.160. The first-order valence-corrected chi connectivity index (χ1v) is 9.78. The summed E-state index contributed by atoms with van der Waals surface area (Å²) in [7, 11) is 0. The van der Waals surface area contributed by atoms with Crippen LogP contribution in [0.25, 0.3) is 0 Å². The second-order valence-electron chi connectivity index (χ2n) is 7.13. The van der Waals surface area contributed by atoms with Crippen LogP contribution in [0.2, 0.25) is 6.82 Å². The number of rotatable bonds is 4. The van der Waals surface area contributed by atoms with Crippen LogP contribution in [-0.2, 0) is 6.42 Å². The van der Waals surface area contributed by atoms with Crippen molar-refractivity contribution < 1.29 is 0 Å². The van der Waals surface area contributed by atoms with Crippen LogP contribution in [0.1, 0.15) is 22.5 Å². The predicted molar refractivity (Wildman–Crippen MR) is 121 cm³/mol. The summed E-state index contributed by atoms with van der Waals surface area (Å²) in [4.78, 5) is 7.37. The zero-order chi connectivity index (χ0) is 19.8. The molecule has 3 heteroatoms. The SMILES string of the molecule is CB(c1ccccc1)c1ccccc1.Cc1cccc(C)c1Cc1ncc[nH]1. The van der Waals surface area contributed by atoms with Crippen molar-refractivity contribution in [2.75, 3.05) is 0 Å². The number of aryl methyl sites for hydroxylation is 2. The Balaban J connectivity index is 0.000000161. The first-order valence-electron chi connectivity index (χ1n) is 9.78. The first-order chi connectivity index (χ1) is 13.6. The minimum Gasteiger partial charge on any atom is -0.348 e. The van der Waals surface area contributed by atoms with Gasteiger partial charge in [-0.25, -0.2) is 4.98 Å². The fourth-order valence-electron chi connectivity index (χ4n) is 3.37. The number of hydrogen-bond donors (Lipinski definition) is 1. The van der Waals surface area contributed by atoms with Crippen molar-refractivity contribution in [2.45, 2.75) is 27.1 Å². The van der Waals surface area contributed by atoms with Crippen molar-refractivity contribution in [3.05, 3.63) is 114 Å². The minimum absolute atomic E-state index is 0.484. The molecule has 0 bridgehead atoms. The molecule has 0 saturated heterocycles. The molecule has 0 unspecified atom stereocenters. The van der Waals surface area contributed by atoms with Crippen LogP contribution in [0.4, 0.5) is 0 Å². The lowest BCUT2D eigenvalue weighted by Crippen LogP contribution is -2.38. The van der Waals surface area contributed by atoms with E-state index in [1.54, 1.807) is 6.20 Å². The Labute approximate surface area is 168 Å². The van der Waals surface area contributed by atoms with E-state index < -0.39 is 0 Å². The molecule has 0 aliphatic rings. The second kappa shape index (κ2) is 9.75. The highest BCUT2D eigenvalue weighted by Gasteiger charge is 2.10. The molecule has 0 aliphatic heterocycles. The summed E-state index contributed by atoms with van der Waals surface area (Å²) in [6.07, 6.45) is 4.55. The van der Waals surface area contributed by atoms with Crippen LogP contribution in [0, 0.1) is 13.8 Å². The summed E-state index contributed by atoms with van der Waals surface area (Å²) in [5.41, 5.74) is 6.79. The van der Waals surface area contributed by atoms with Gasteiger partial charge in [-0.05, 0) is 30.5 Å². The Bertz CT molecular complexity index is 904. The highest BCUT2D eigenvalue weighted by molar-refractivity contribution is 6.84. The van der Waals surface area contributed by atoms with E-state index in [2.05, 4.69) is 110 Å². The molecule has 0 atom stereocenters. The summed E-state index contributed by atoms with van der Waals surface area (Å²) in [6.45, 7) is 7.01. The summed E-state index contributed by atoms with van der Waals surface area (Å²) >= 11 is 0. The number of aromatic nitrogens is 2. The lowest BCUT2D eigenvalue weighted by atomic mass is 9.43. The van der Waals surface area contributed by atoms with Crippen LogP contribution >= 0.6 is 0 Å². The average Bonchev–Trinajstić information content (AvgIpc) is 3.25. The molecule has 0 aliphatic carbocycles. The van der Waals surface area contributed by atoms with Crippen molar-refractivity contribution in [2.24, 2.45) is 0 Å². The van der Waals surface area contributed by atoms with Gasteiger partial charge in [0.2, 0.25) is 6.71 Å². The van der Waals surface area contributed by atoms with Gasteiger partial charge in [0.05, 0.1) is 0 Å². The molecule has 4 rings (SSSR count). The third-order valence-electron chi connectivity index (χ3n) is 5.14. The molecule has 0 radical (unpaired) electrons. The molecule has 1 aromatic heterocycles. The van der Waals surface area contributed by atoms with Gasteiger partial charge in [-0.2, -0.15) is 0 Å². The van der Waals surface area contributed by atoms with E-state index in [4.69, 9.17) is 0 Å². The molecule has 140 valence electrons.